The van der Waals surface area contributed by atoms with Crippen molar-refractivity contribution < 1.29 is 9.59 Å². The average Bonchev–Trinajstić information content (AvgIpc) is 3.28. The number of rotatable bonds is 7. The molecule has 0 saturated heterocycles. The lowest BCUT2D eigenvalue weighted by atomic mass is 10.0. The molecule has 1 atom stereocenters. The van der Waals surface area contributed by atoms with Gasteiger partial charge in [-0.25, -0.2) is 4.57 Å². The first kappa shape index (κ1) is 23.4. The minimum Gasteiger partial charge on any atom is -0.325 e. The molecule has 4 rings (SSSR count). The van der Waals surface area contributed by atoms with Gasteiger partial charge in [-0.3, -0.25) is 9.59 Å². The summed E-state index contributed by atoms with van der Waals surface area (Å²) in [5.74, 6) is 0.439. The van der Waals surface area contributed by atoms with Gasteiger partial charge in [-0.05, 0) is 42.7 Å². The van der Waals surface area contributed by atoms with Gasteiger partial charge in [0.25, 0.3) is 5.91 Å². The lowest BCUT2D eigenvalue weighted by molar-refractivity contribution is -0.115. The van der Waals surface area contributed by atoms with E-state index in [2.05, 4.69) is 29.4 Å². The van der Waals surface area contributed by atoms with Crippen molar-refractivity contribution in [2.45, 2.75) is 37.1 Å². The number of carbonyl (C=O) groups is 2. The molecule has 1 N–H and O–H groups in total. The number of nitrogens with zero attached hydrogens (tertiary/aromatic N) is 3. The first-order chi connectivity index (χ1) is 16.4. The van der Waals surface area contributed by atoms with Crippen LogP contribution in [0, 0.1) is 0 Å². The van der Waals surface area contributed by atoms with Crippen LogP contribution in [0.5, 0.6) is 0 Å². The summed E-state index contributed by atoms with van der Waals surface area (Å²) in [6, 6.07) is 26.2. The van der Waals surface area contributed by atoms with E-state index in [0.29, 0.717) is 22.5 Å². The zero-order valence-electron chi connectivity index (χ0n) is 19.3. The minimum absolute atomic E-state index is 0.176. The molecule has 4 aromatic rings. The Morgan fingerprint density at radius 1 is 0.824 bits per heavy atom. The molecule has 0 radical (unpaired) electrons. The molecule has 6 nitrogen and oxygen atoms in total. The van der Waals surface area contributed by atoms with Crippen LogP contribution in [-0.2, 0) is 4.79 Å². The van der Waals surface area contributed by atoms with Crippen LogP contribution in [0.2, 0.25) is 0 Å². The van der Waals surface area contributed by atoms with Crippen LogP contribution in [0.1, 0.15) is 42.6 Å². The standard InChI is InChI=1S/C27H26N4O2S/c1-18(2)20-14-16-23(17-15-20)28-25(32)19(3)34-27-30-29-24(21-10-6-4-7-11-21)31(27)26(33)22-12-8-5-9-13-22/h4-19H,1-3H3,(H,28,32). The summed E-state index contributed by atoms with van der Waals surface area (Å²) >= 11 is 1.20. The lowest BCUT2D eigenvalue weighted by Crippen LogP contribution is -2.23. The number of aromatic nitrogens is 3. The molecule has 1 aromatic heterocycles. The third kappa shape index (κ3) is 5.26. The number of thioether (sulfide) groups is 1. The summed E-state index contributed by atoms with van der Waals surface area (Å²) in [5, 5.41) is 11.4. The second kappa shape index (κ2) is 10.5. The molecule has 1 amide bonds. The van der Waals surface area contributed by atoms with Gasteiger partial charge in [0.2, 0.25) is 5.91 Å². The lowest BCUT2D eigenvalue weighted by Gasteiger charge is -2.14. The Labute approximate surface area is 203 Å². The predicted molar refractivity (Wildman–Crippen MR) is 136 cm³/mol. The summed E-state index contributed by atoms with van der Waals surface area (Å²) in [5.41, 5.74) is 3.23. The molecule has 7 heteroatoms. The van der Waals surface area contributed by atoms with E-state index in [0.717, 1.165) is 11.3 Å². The van der Waals surface area contributed by atoms with E-state index >= 15 is 0 Å². The maximum atomic E-state index is 13.4. The van der Waals surface area contributed by atoms with E-state index in [1.165, 1.54) is 21.9 Å². The van der Waals surface area contributed by atoms with Gasteiger partial charge >= 0.3 is 0 Å². The fourth-order valence-electron chi connectivity index (χ4n) is 3.42. The van der Waals surface area contributed by atoms with Crippen LogP contribution in [0.3, 0.4) is 0 Å². The van der Waals surface area contributed by atoms with Crippen molar-refractivity contribution in [3.63, 3.8) is 0 Å². The predicted octanol–water partition coefficient (Wildman–Crippen LogP) is 5.88. The topological polar surface area (TPSA) is 76.9 Å². The van der Waals surface area contributed by atoms with Crippen molar-refractivity contribution in [1.82, 2.24) is 14.8 Å². The van der Waals surface area contributed by atoms with Gasteiger partial charge in [-0.2, -0.15) is 0 Å². The molecule has 0 spiro atoms. The number of carbonyl (C=O) groups excluding carboxylic acids is 2. The Bertz CT molecular complexity index is 1270. The van der Waals surface area contributed by atoms with Gasteiger partial charge in [0.1, 0.15) is 0 Å². The van der Waals surface area contributed by atoms with Gasteiger partial charge in [0.15, 0.2) is 11.0 Å². The fourth-order valence-corrected chi connectivity index (χ4v) is 4.27. The highest BCUT2D eigenvalue weighted by molar-refractivity contribution is 8.00. The SMILES string of the molecule is CC(Sc1nnc(-c2ccccc2)n1C(=O)c1ccccc1)C(=O)Nc1ccc(C(C)C)cc1. The number of hydrogen-bond acceptors (Lipinski definition) is 5. The Balaban J connectivity index is 1.59. The number of anilines is 1. The van der Waals surface area contributed by atoms with Crippen molar-refractivity contribution in [2.75, 3.05) is 5.32 Å². The van der Waals surface area contributed by atoms with Crippen LogP contribution < -0.4 is 5.32 Å². The van der Waals surface area contributed by atoms with Crippen LogP contribution in [0.4, 0.5) is 5.69 Å². The van der Waals surface area contributed by atoms with Crippen LogP contribution >= 0.6 is 11.8 Å². The molecule has 0 bridgehead atoms. The van der Waals surface area contributed by atoms with Gasteiger partial charge in [-0.15, -0.1) is 10.2 Å². The number of nitrogens with one attached hydrogen (secondary N) is 1. The molecule has 1 unspecified atom stereocenters. The maximum absolute atomic E-state index is 13.4. The van der Waals surface area contributed by atoms with Gasteiger partial charge in [0.05, 0.1) is 5.25 Å². The molecular formula is C27H26N4O2S. The zero-order chi connectivity index (χ0) is 24.1. The molecule has 1 heterocycles. The second-order valence-electron chi connectivity index (χ2n) is 8.20. The number of benzene rings is 3. The van der Waals surface area contributed by atoms with Gasteiger partial charge < -0.3 is 5.32 Å². The van der Waals surface area contributed by atoms with E-state index in [-0.39, 0.29) is 11.8 Å². The van der Waals surface area contributed by atoms with E-state index in [4.69, 9.17) is 0 Å². The Morgan fingerprint density at radius 2 is 1.44 bits per heavy atom. The first-order valence-electron chi connectivity index (χ1n) is 11.1. The second-order valence-corrected chi connectivity index (χ2v) is 9.51. The molecule has 34 heavy (non-hydrogen) atoms. The molecule has 0 fully saturated rings. The summed E-state index contributed by atoms with van der Waals surface area (Å²) in [4.78, 5) is 26.3. The van der Waals surface area contributed by atoms with Crippen molar-refractivity contribution in [3.8, 4) is 11.4 Å². The summed E-state index contributed by atoms with van der Waals surface area (Å²) in [6.45, 7) is 6.04. The summed E-state index contributed by atoms with van der Waals surface area (Å²) in [7, 11) is 0. The molecule has 0 aliphatic heterocycles. The molecule has 3 aromatic carbocycles. The normalized spacial score (nSPS) is 11.9. The Morgan fingerprint density at radius 3 is 2.06 bits per heavy atom. The smallest absolute Gasteiger partial charge is 0.265 e. The fraction of sp³-hybridized carbons (Fsp3) is 0.185. The summed E-state index contributed by atoms with van der Waals surface area (Å²) in [6.07, 6.45) is 0. The van der Waals surface area contributed by atoms with Gasteiger partial charge in [-0.1, -0.05) is 86.3 Å². The van der Waals surface area contributed by atoms with Crippen molar-refractivity contribution in [1.29, 1.82) is 0 Å². The quantitative estimate of drug-likeness (QED) is 0.342. The third-order valence-electron chi connectivity index (χ3n) is 5.39. The Kier molecular flexibility index (Phi) is 7.23. The van der Waals surface area contributed by atoms with Gasteiger partial charge in [0, 0.05) is 16.8 Å². The molecule has 0 aliphatic rings. The molecule has 172 valence electrons. The zero-order valence-corrected chi connectivity index (χ0v) is 20.1. The van der Waals surface area contributed by atoms with Crippen molar-refractivity contribution in [2.24, 2.45) is 0 Å². The highest BCUT2D eigenvalue weighted by Crippen LogP contribution is 2.28. The largest absolute Gasteiger partial charge is 0.325 e. The average molecular weight is 471 g/mol. The first-order valence-corrected chi connectivity index (χ1v) is 12.0. The Hall–Kier alpha value is -3.71. The third-order valence-corrected chi connectivity index (χ3v) is 6.43. The summed E-state index contributed by atoms with van der Waals surface area (Å²) < 4.78 is 1.48. The van der Waals surface area contributed by atoms with Crippen molar-refractivity contribution >= 4 is 29.3 Å². The highest BCUT2D eigenvalue weighted by atomic mass is 32.2. The molecule has 0 saturated carbocycles. The number of hydrogen-bond donors (Lipinski definition) is 1. The van der Waals surface area contributed by atoms with Crippen molar-refractivity contribution in [3.05, 3.63) is 96.1 Å². The van der Waals surface area contributed by atoms with E-state index in [9.17, 15) is 9.59 Å². The monoisotopic (exact) mass is 470 g/mol. The molecule has 0 aliphatic carbocycles. The van der Waals surface area contributed by atoms with Crippen LogP contribution in [-0.4, -0.2) is 31.8 Å². The van der Waals surface area contributed by atoms with Crippen LogP contribution in [0.15, 0.2) is 90.1 Å². The van der Waals surface area contributed by atoms with E-state index in [1.807, 2.05) is 72.8 Å². The van der Waals surface area contributed by atoms with Crippen LogP contribution in [0.25, 0.3) is 11.4 Å². The number of amides is 1. The minimum atomic E-state index is -0.500. The van der Waals surface area contributed by atoms with E-state index < -0.39 is 5.25 Å². The maximum Gasteiger partial charge on any atom is 0.265 e. The molecular weight excluding hydrogens is 444 g/mol. The van der Waals surface area contributed by atoms with E-state index in [1.54, 1.807) is 19.1 Å². The highest BCUT2D eigenvalue weighted by Gasteiger charge is 2.25.